The predicted octanol–water partition coefficient (Wildman–Crippen LogP) is 2.66. The van der Waals surface area contributed by atoms with Gasteiger partial charge in [0.25, 0.3) is 0 Å². The van der Waals surface area contributed by atoms with Gasteiger partial charge >= 0.3 is 0 Å². The van der Waals surface area contributed by atoms with Crippen LogP contribution in [0.5, 0.6) is 0 Å². The van der Waals surface area contributed by atoms with Crippen LogP contribution in [0.25, 0.3) is 0 Å². The van der Waals surface area contributed by atoms with Crippen LogP contribution in [0.15, 0.2) is 41.8 Å². The standard InChI is InChI=1S/C16H16N2O2S/c1-11-16(20)17-14-7-3-2-5-12(14)10-18(11)15(19)9-13-6-4-8-21-13/h2-8,11H,9-10H2,1H3,(H,17,20). The molecule has 5 heteroatoms. The van der Waals surface area contributed by atoms with E-state index in [-0.39, 0.29) is 11.8 Å². The van der Waals surface area contributed by atoms with Crippen molar-refractivity contribution in [3.63, 3.8) is 0 Å². The number of carbonyl (C=O) groups excluding carboxylic acids is 2. The van der Waals surface area contributed by atoms with Gasteiger partial charge in [0.2, 0.25) is 11.8 Å². The Morgan fingerprint density at radius 2 is 2.14 bits per heavy atom. The van der Waals surface area contributed by atoms with Crippen molar-refractivity contribution >= 4 is 28.8 Å². The molecule has 0 radical (unpaired) electrons. The van der Waals surface area contributed by atoms with Crippen LogP contribution in [-0.4, -0.2) is 22.8 Å². The minimum absolute atomic E-state index is 0.0168. The van der Waals surface area contributed by atoms with Crippen LogP contribution in [0, 0.1) is 0 Å². The maximum Gasteiger partial charge on any atom is 0.246 e. The molecule has 1 aliphatic rings. The molecule has 2 heterocycles. The molecule has 1 aromatic heterocycles. The van der Waals surface area contributed by atoms with E-state index in [0.717, 1.165) is 16.1 Å². The fourth-order valence-electron chi connectivity index (χ4n) is 2.45. The molecule has 1 aliphatic heterocycles. The van der Waals surface area contributed by atoms with E-state index >= 15 is 0 Å². The maximum absolute atomic E-state index is 12.5. The van der Waals surface area contributed by atoms with Gasteiger partial charge in [0.05, 0.1) is 6.42 Å². The number of para-hydroxylation sites is 1. The van der Waals surface area contributed by atoms with Crippen LogP contribution in [0.4, 0.5) is 5.69 Å². The van der Waals surface area contributed by atoms with Gasteiger partial charge in [-0.15, -0.1) is 11.3 Å². The van der Waals surface area contributed by atoms with Gasteiger partial charge in [0, 0.05) is 17.1 Å². The third-order valence-electron chi connectivity index (χ3n) is 3.69. The van der Waals surface area contributed by atoms with Crippen molar-refractivity contribution in [1.29, 1.82) is 0 Å². The number of nitrogens with one attached hydrogen (secondary N) is 1. The average molecular weight is 300 g/mol. The maximum atomic E-state index is 12.5. The second-order valence-corrected chi connectivity index (χ2v) is 6.13. The molecule has 1 atom stereocenters. The first-order valence-electron chi connectivity index (χ1n) is 6.86. The number of thiophene rings is 1. The molecular formula is C16H16N2O2S. The topological polar surface area (TPSA) is 49.4 Å². The molecule has 108 valence electrons. The average Bonchev–Trinajstić information content (AvgIpc) is 2.93. The zero-order valence-electron chi connectivity index (χ0n) is 11.7. The van der Waals surface area contributed by atoms with E-state index in [1.807, 2.05) is 41.8 Å². The summed E-state index contributed by atoms with van der Waals surface area (Å²) in [5.41, 5.74) is 1.76. The van der Waals surface area contributed by atoms with E-state index in [1.54, 1.807) is 23.2 Å². The number of hydrogen-bond acceptors (Lipinski definition) is 3. The Bertz CT molecular complexity index is 667. The summed E-state index contributed by atoms with van der Waals surface area (Å²) >= 11 is 1.56. The lowest BCUT2D eigenvalue weighted by atomic mass is 10.1. The molecule has 0 aliphatic carbocycles. The molecule has 0 spiro atoms. The van der Waals surface area contributed by atoms with Crippen LogP contribution >= 0.6 is 11.3 Å². The fourth-order valence-corrected chi connectivity index (χ4v) is 3.14. The van der Waals surface area contributed by atoms with Crippen molar-refractivity contribution in [2.75, 3.05) is 5.32 Å². The SMILES string of the molecule is CC1C(=O)Nc2ccccc2CN1C(=O)Cc1cccs1. The number of anilines is 1. The Kier molecular flexibility index (Phi) is 3.75. The van der Waals surface area contributed by atoms with E-state index in [1.165, 1.54) is 0 Å². The monoisotopic (exact) mass is 300 g/mol. The second kappa shape index (κ2) is 5.69. The van der Waals surface area contributed by atoms with Gasteiger partial charge in [0.1, 0.15) is 6.04 Å². The van der Waals surface area contributed by atoms with Crippen molar-refractivity contribution in [3.8, 4) is 0 Å². The van der Waals surface area contributed by atoms with Gasteiger partial charge in [-0.25, -0.2) is 0 Å². The predicted molar refractivity (Wildman–Crippen MR) is 83.1 cm³/mol. The Morgan fingerprint density at radius 1 is 1.33 bits per heavy atom. The van der Waals surface area contributed by atoms with Crippen LogP contribution in [0.1, 0.15) is 17.4 Å². The lowest BCUT2D eigenvalue weighted by molar-refractivity contribution is -0.137. The first kappa shape index (κ1) is 13.8. The molecule has 4 nitrogen and oxygen atoms in total. The number of nitrogens with zero attached hydrogens (tertiary/aromatic N) is 1. The fraction of sp³-hybridized carbons (Fsp3) is 0.250. The Balaban J connectivity index is 1.86. The van der Waals surface area contributed by atoms with Crippen molar-refractivity contribution < 1.29 is 9.59 Å². The summed E-state index contributed by atoms with van der Waals surface area (Å²) in [5, 5.41) is 4.84. The van der Waals surface area contributed by atoms with Gasteiger partial charge in [-0.05, 0) is 30.0 Å². The van der Waals surface area contributed by atoms with Crippen LogP contribution in [0.2, 0.25) is 0 Å². The largest absolute Gasteiger partial charge is 0.326 e. The molecule has 2 aromatic rings. The molecule has 3 rings (SSSR count). The normalized spacial score (nSPS) is 17.9. The van der Waals surface area contributed by atoms with Gasteiger partial charge < -0.3 is 10.2 Å². The highest BCUT2D eigenvalue weighted by Crippen LogP contribution is 2.24. The summed E-state index contributed by atoms with van der Waals surface area (Å²) in [6.07, 6.45) is 0.345. The zero-order valence-corrected chi connectivity index (χ0v) is 12.5. The summed E-state index contributed by atoms with van der Waals surface area (Å²) in [6.45, 7) is 2.23. The lowest BCUT2D eigenvalue weighted by Gasteiger charge is -2.25. The molecular weight excluding hydrogens is 284 g/mol. The van der Waals surface area contributed by atoms with E-state index < -0.39 is 6.04 Å². The molecule has 1 unspecified atom stereocenters. The highest BCUT2D eigenvalue weighted by Gasteiger charge is 2.30. The summed E-state index contributed by atoms with van der Waals surface area (Å²) < 4.78 is 0. The minimum Gasteiger partial charge on any atom is -0.326 e. The third kappa shape index (κ3) is 2.83. The summed E-state index contributed by atoms with van der Waals surface area (Å²) in [4.78, 5) is 27.4. The first-order valence-corrected chi connectivity index (χ1v) is 7.74. The first-order chi connectivity index (χ1) is 10.1. The Hall–Kier alpha value is -2.14. The smallest absolute Gasteiger partial charge is 0.246 e. The quantitative estimate of drug-likeness (QED) is 0.927. The van der Waals surface area contributed by atoms with Crippen molar-refractivity contribution in [3.05, 3.63) is 52.2 Å². The number of rotatable bonds is 2. The molecule has 0 saturated heterocycles. The Morgan fingerprint density at radius 3 is 2.90 bits per heavy atom. The summed E-state index contributed by atoms with van der Waals surface area (Å²) in [5.74, 6) is -0.156. The molecule has 0 bridgehead atoms. The lowest BCUT2D eigenvalue weighted by Crippen LogP contribution is -2.43. The highest BCUT2D eigenvalue weighted by atomic mass is 32.1. The third-order valence-corrected chi connectivity index (χ3v) is 4.57. The van der Waals surface area contributed by atoms with Crippen LogP contribution in [-0.2, 0) is 22.6 Å². The number of fused-ring (bicyclic) bond motifs is 1. The molecule has 2 amide bonds. The summed E-state index contributed by atoms with van der Waals surface area (Å²) in [6, 6.07) is 11.0. The van der Waals surface area contributed by atoms with Gasteiger partial charge in [-0.3, -0.25) is 9.59 Å². The Labute approximate surface area is 127 Å². The number of benzene rings is 1. The molecule has 0 fully saturated rings. The molecule has 1 N–H and O–H groups in total. The minimum atomic E-state index is -0.468. The number of carbonyl (C=O) groups is 2. The highest BCUT2D eigenvalue weighted by molar-refractivity contribution is 7.10. The summed E-state index contributed by atoms with van der Waals surface area (Å²) in [7, 11) is 0. The van der Waals surface area contributed by atoms with E-state index in [4.69, 9.17) is 0 Å². The van der Waals surface area contributed by atoms with E-state index in [0.29, 0.717) is 13.0 Å². The van der Waals surface area contributed by atoms with Crippen molar-refractivity contribution in [1.82, 2.24) is 4.90 Å². The van der Waals surface area contributed by atoms with E-state index in [9.17, 15) is 9.59 Å². The molecule has 1 aromatic carbocycles. The second-order valence-electron chi connectivity index (χ2n) is 5.10. The number of amides is 2. The zero-order chi connectivity index (χ0) is 14.8. The van der Waals surface area contributed by atoms with Gasteiger partial charge in [-0.2, -0.15) is 0 Å². The van der Waals surface area contributed by atoms with Gasteiger partial charge in [-0.1, -0.05) is 24.3 Å². The van der Waals surface area contributed by atoms with Crippen molar-refractivity contribution in [2.24, 2.45) is 0 Å². The van der Waals surface area contributed by atoms with Gasteiger partial charge in [0.15, 0.2) is 0 Å². The molecule has 0 saturated carbocycles. The van der Waals surface area contributed by atoms with Crippen LogP contribution in [0.3, 0.4) is 0 Å². The van der Waals surface area contributed by atoms with E-state index in [2.05, 4.69) is 5.32 Å². The number of hydrogen-bond donors (Lipinski definition) is 1. The van der Waals surface area contributed by atoms with Crippen molar-refractivity contribution in [2.45, 2.75) is 25.9 Å². The van der Waals surface area contributed by atoms with Crippen LogP contribution < -0.4 is 5.32 Å². The molecule has 21 heavy (non-hydrogen) atoms.